The second-order valence-corrected chi connectivity index (χ2v) is 8.39. The highest BCUT2D eigenvalue weighted by Gasteiger charge is 2.30. The fourth-order valence-electron chi connectivity index (χ4n) is 3.81. The van der Waals surface area contributed by atoms with E-state index in [1.807, 2.05) is 4.90 Å². The predicted octanol–water partition coefficient (Wildman–Crippen LogP) is 2.55. The van der Waals surface area contributed by atoms with Gasteiger partial charge < -0.3 is 15.3 Å². The standard InChI is InChI=1S/C18H34N2O2/c1-18(2,3)12-17(22)20-10-8-15(9-11-20)19-16-7-5-4-6-14(16)13-21/h14-16,19,21H,4-13H2,1-3H3/t14-,16-/m1/s1. The molecule has 0 radical (unpaired) electrons. The molecule has 2 rings (SSSR count). The lowest BCUT2D eigenvalue weighted by atomic mass is 9.84. The van der Waals surface area contributed by atoms with Gasteiger partial charge >= 0.3 is 0 Å². The van der Waals surface area contributed by atoms with Crippen LogP contribution >= 0.6 is 0 Å². The van der Waals surface area contributed by atoms with E-state index < -0.39 is 0 Å². The first-order valence-electron chi connectivity index (χ1n) is 9.04. The van der Waals surface area contributed by atoms with Gasteiger partial charge in [-0.15, -0.1) is 0 Å². The van der Waals surface area contributed by atoms with Crippen molar-refractivity contribution in [3.63, 3.8) is 0 Å². The van der Waals surface area contributed by atoms with E-state index >= 15 is 0 Å². The average Bonchev–Trinajstić information content (AvgIpc) is 2.47. The number of likely N-dealkylation sites (tertiary alicyclic amines) is 1. The van der Waals surface area contributed by atoms with Gasteiger partial charge in [-0.05, 0) is 37.0 Å². The molecule has 4 nitrogen and oxygen atoms in total. The van der Waals surface area contributed by atoms with E-state index in [1.165, 1.54) is 19.3 Å². The van der Waals surface area contributed by atoms with Crippen molar-refractivity contribution in [3.8, 4) is 0 Å². The number of aliphatic hydroxyl groups excluding tert-OH is 1. The fourth-order valence-corrected chi connectivity index (χ4v) is 3.81. The zero-order valence-corrected chi connectivity index (χ0v) is 14.6. The van der Waals surface area contributed by atoms with Crippen LogP contribution in [0, 0.1) is 11.3 Å². The van der Waals surface area contributed by atoms with Gasteiger partial charge in [-0.25, -0.2) is 0 Å². The number of carbonyl (C=O) groups excluding carboxylic acids is 1. The summed E-state index contributed by atoms with van der Waals surface area (Å²) < 4.78 is 0. The second-order valence-electron chi connectivity index (χ2n) is 8.39. The van der Waals surface area contributed by atoms with Crippen molar-refractivity contribution in [1.82, 2.24) is 10.2 Å². The number of rotatable bonds is 4. The number of aliphatic hydroxyl groups is 1. The lowest BCUT2D eigenvalue weighted by molar-refractivity contribution is -0.134. The molecule has 128 valence electrons. The molecule has 1 saturated carbocycles. The third kappa shape index (κ3) is 5.24. The van der Waals surface area contributed by atoms with Gasteiger partial charge in [0, 0.05) is 38.2 Å². The third-order valence-electron chi connectivity index (χ3n) is 5.12. The number of amides is 1. The lowest BCUT2D eigenvalue weighted by Crippen LogP contribution is -2.51. The van der Waals surface area contributed by atoms with Gasteiger partial charge in [-0.3, -0.25) is 4.79 Å². The van der Waals surface area contributed by atoms with Crippen LogP contribution in [0.5, 0.6) is 0 Å². The molecule has 0 aromatic heterocycles. The number of nitrogens with zero attached hydrogens (tertiary/aromatic N) is 1. The molecule has 1 amide bonds. The van der Waals surface area contributed by atoms with E-state index in [0.29, 0.717) is 36.9 Å². The fraction of sp³-hybridized carbons (Fsp3) is 0.944. The molecule has 0 spiro atoms. The number of carbonyl (C=O) groups is 1. The summed E-state index contributed by atoms with van der Waals surface area (Å²) in [6, 6.07) is 0.983. The topological polar surface area (TPSA) is 52.6 Å². The molecule has 1 aliphatic carbocycles. The summed E-state index contributed by atoms with van der Waals surface area (Å²) in [5.74, 6) is 0.728. The lowest BCUT2D eigenvalue weighted by Gasteiger charge is -2.38. The first kappa shape index (κ1) is 17.7. The number of hydrogen-bond acceptors (Lipinski definition) is 3. The van der Waals surface area contributed by atoms with Gasteiger partial charge in [0.25, 0.3) is 0 Å². The Hall–Kier alpha value is -0.610. The Bertz CT molecular complexity index is 357. The van der Waals surface area contributed by atoms with E-state index in [9.17, 15) is 9.90 Å². The van der Waals surface area contributed by atoms with Crippen LogP contribution in [0.15, 0.2) is 0 Å². The van der Waals surface area contributed by atoms with E-state index in [-0.39, 0.29) is 5.41 Å². The predicted molar refractivity (Wildman–Crippen MR) is 89.6 cm³/mol. The van der Waals surface area contributed by atoms with Crippen LogP contribution in [-0.2, 0) is 4.79 Å². The first-order chi connectivity index (χ1) is 10.4. The van der Waals surface area contributed by atoms with Crippen LogP contribution in [0.4, 0.5) is 0 Å². The Kier molecular flexibility index (Phi) is 6.27. The summed E-state index contributed by atoms with van der Waals surface area (Å²) in [5, 5.41) is 13.3. The van der Waals surface area contributed by atoms with Crippen molar-refractivity contribution >= 4 is 5.91 Å². The zero-order valence-electron chi connectivity index (χ0n) is 14.6. The highest BCUT2D eigenvalue weighted by Crippen LogP contribution is 2.26. The van der Waals surface area contributed by atoms with Crippen LogP contribution in [0.1, 0.15) is 65.7 Å². The zero-order chi connectivity index (χ0) is 16.2. The molecule has 2 fully saturated rings. The van der Waals surface area contributed by atoms with E-state index in [1.54, 1.807) is 0 Å². The molecule has 1 saturated heterocycles. The van der Waals surface area contributed by atoms with Gasteiger partial charge in [0.2, 0.25) is 5.91 Å². The molecule has 2 aliphatic rings. The summed E-state index contributed by atoms with van der Waals surface area (Å²) in [6.45, 7) is 8.43. The van der Waals surface area contributed by atoms with E-state index in [0.717, 1.165) is 32.4 Å². The first-order valence-corrected chi connectivity index (χ1v) is 9.04. The minimum atomic E-state index is 0.0721. The molecule has 4 heteroatoms. The van der Waals surface area contributed by atoms with Crippen LogP contribution in [-0.4, -0.2) is 47.7 Å². The van der Waals surface area contributed by atoms with E-state index in [2.05, 4.69) is 26.1 Å². The molecule has 1 heterocycles. The molecule has 0 unspecified atom stereocenters. The minimum Gasteiger partial charge on any atom is -0.396 e. The normalized spacial score (nSPS) is 27.9. The molecular weight excluding hydrogens is 276 g/mol. The van der Waals surface area contributed by atoms with Crippen LogP contribution in [0.25, 0.3) is 0 Å². The van der Waals surface area contributed by atoms with Crippen LogP contribution in [0.2, 0.25) is 0 Å². The van der Waals surface area contributed by atoms with Crippen molar-refractivity contribution in [2.75, 3.05) is 19.7 Å². The maximum absolute atomic E-state index is 12.3. The van der Waals surface area contributed by atoms with Gasteiger partial charge in [0.15, 0.2) is 0 Å². The highest BCUT2D eigenvalue weighted by molar-refractivity contribution is 5.76. The maximum atomic E-state index is 12.3. The Balaban J connectivity index is 1.76. The molecular formula is C18H34N2O2. The second kappa shape index (κ2) is 7.78. The largest absolute Gasteiger partial charge is 0.396 e. The third-order valence-corrected chi connectivity index (χ3v) is 5.12. The Labute approximate surface area is 135 Å². The van der Waals surface area contributed by atoms with E-state index in [4.69, 9.17) is 0 Å². The molecule has 2 atom stereocenters. The molecule has 0 bridgehead atoms. The summed E-state index contributed by atoms with van der Waals surface area (Å²) in [4.78, 5) is 14.3. The van der Waals surface area contributed by atoms with Crippen LogP contribution in [0.3, 0.4) is 0 Å². The number of nitrogens with one attached hydrogen (secondary N) is 1. The molecule has 0 aromatic carbocycles. The molecule has 22 heavy (non-hydrogen) atoms. The monoisotopic (exact) mass is 310 g/mol. The minimum absolute atomic E-state index is 0.0721. The molecule has 2 N–H and O–H groups in total. The van der Waals surface area contributed by atoms with Crippen LogP contribution < -0.4 is 5.32 Å². The van der Waals surface area contributed by atoms with Gasteiger partial charge in [-0.2, -0.15) is 0 Å². The maximum Gasteiger partial charge on any atom is 0.223 e. The molecule has 1 aliphatic heterocycles. The Morgan fingerprint density at radius 1 is 1.14 bits per heavy atom. The SMILES string of the molecule is CC(C)(C)CC(=O)N1CCC(N[C@@H]2CCCC[C@@H]2CO)CC1. The summed E-state index contributed by atoms with van der Waals surface area (Å²) in [5.41, 5.74) is 0.0721. The van der Waals surface area contributed by atoms with Crippen molar-refractivity contribution in [1.29, 1.82) is 0 Å². The number of hydrogen-bond donors (Lipinski definition) is 2. The molecule has 0 aromatic rings. The van der Waals surface area contributed by atoms with Crippen molar-refractivity contribution < 1.29 is 9.90 Å². The van der Waals surface area contributed by atoms with Gasteiger partial charge in [-0.1, -0.05) is 33.6 Å². The summed E-state index contributed by atoms with van der Waals surface area (Å²) in [7, 11) is 0. The van der Waals surface area contributed by atoms with Gasteiger partial charge in [0.05, 0.1) is 0 Å². The van der Waals surface area contributed by atoms with Crippen molar-refractivity contribution in [3.05, 3.63) is 0 Å². The Morgan fingerprint density at radius 3 is 2.36 bits per heavy atom. The quantitative estimate of drug-likeness (QED) is 0.839. The van der Waals surface area contributed by atoms with Crippen molar-refractivity contribution in [2.45, 2.75) is 77.8 Å². The number of piperidine rings is 1. The average molecular weight is 310 g/mol. The highest BCUT2D eigenvalue weighted by atomic mass is 16.3. The summed E-state index contributed by atoms with van der Waals surface area (Å²) >= 11 is 0. The summed E-state index contributed by atoms with van der Waals surface area (Å²) in [6.07, 6.45) is 7.60. The Morgan fingerprint density at radius 2 is 1.77 bits per heavy atom. The smallest absolute Gasteiger partial charge is 0.223 e. The van der Waals surface area contributed by atoms with Gasteiger partial charge in [0.1, 0.15) is 0 Å². The van der Waals surface area contributed by atoms with Crippen molar-refractivity contribution in [2.24, 2.45) is 11.3 Å².